The summed E-state index contributed by atoms with van der Waals surface area (Å²) in [4.78, 5) is 16.4. The van der Waals surface area contributed by atoms with Gasteiger partial charge in [0.25, 0.3) is 5.91 Å². The molecule has 3 aromatic heterocycles. The summed E-state index contributed by atoms with van der Waals surface area (Å²) in [6, 6.07) is 5.41. The molecule has 0 spiro atoms. The number of aryl methyl sites for hydroxylation is 2. The first-order valence-electron chi connectivity index (χ1n) is 7.39. The van der Waals surface area contributed by atoms with Gasteiger partial charge in [0.1, 0.15) is 11.5 Å². The first-order valence-corrected chi connectivity index (χ1v) is 7.39. The molecule has 23 heavy (non-hydrogen) atoms. The summed E-state index contributed by atoms with van der Waals surface area (Å²) >= 11 is 0. The van der Waals surface area contributed by atoms with E-state index in [-0.39, 0.29) is 5.91 Å². The van der Waals surface area contributed by atoms with Crippen LogP contribution in [-0.4, -0.2) is 30.9 Å². The third kappa shape index (κ3) is 2.85. The van der Waals surface area contributed by atoms with Crippen molar-refractivity contribution in [3.8, 4) is 11.3 Å². The van der Waals surface area contributed by atoms with Gasteiger partial charge in [-0.25, -0.2) is 0 Å². The molecule has 0 aromatic carbocycles. The van der Waals surface area contributed by atoms with E-state index in [0.717, 1.165) is 29.1 Å². The van der Waals surface area contributed by atoms with E-state index in [1.807, 2.05) is 33.0 Å². The highest BCUT2D eigenvalue weighted by Gasteiger charge is 2.17. The van der Waals surface area contributed by atoms with Crippen LogP contribution in [0.15, 0.2) is 30.6 Å². The largest absolute Gasteiger partial charge is 0.305 e. The topological polar surface area (TPSA) is 88.5 Å². The highest BCUT2D eigenvalue weighted by atomic mass is 16.2. The number of carbonyl (C=O) groups is 1. The van der Waals surface area contributed by atoms with Crippen molar-refractivity contribution in [2.75, 3.05) is 5.32 Å². The van der Waals surface area contributed by atoms with Gasteiger partial charge < -0.3 is 5.32 Å². The van der Waals surface area contributed by atoms with E-state index in [0.29, 0.717) is 11.4 Å². The molecule has 0 saturated heterocycles. The van der Waals surface area contributed by atoms with Gasteiger partial charge in [-0.15, -0.1) is 0 Å². The molecule has 3 aromatic rings. The number of amides is 1. The maximum absolute atomic E-state index is 12.5. The molecule has 0 atom stereocenters. The fourth-order valence-electron chi connectivity index (χ4n) is 2.57. The van der Waals surface area contributed by atoms with Crippen molar-refractivity contribution in [2.24, 2.45) is 7.05 Å². The highest BCUT2D eigenvalue weighted by molar-refractivity contribution is 6.03. The Labute approximate surface area is 133 Å². The Bertz CT molecular complexity index is 834. The van der Waals surface area contributed by atoms with E-state index in [9.17, 15) is 4.79 Å². The third-order valence-electron chi connectivity index (χ3n) is 3.73. The van der Waals surface area contributed by atoms with Crippen molar-refractivity contribution in [3.63, 3.8) is 0 Å². The average Bonchev–Trinajstić information content (AvgIpc) is 3.14. The standard InChI is InChI=1S/C16H18N6O/c1-4-12-10(2)21-22(3)15(12)18-16(23)14-9-13(19-20-14)11-5-7-17-8-6-11/h5-9H,4H2,1-3H3,(H,18,23)(H,19,20). The minimum Gasteiger partial charge on any atom is -0.305 e. The van der Waals surface area contributed by atoms with Crippen LogP contribution in [0.3, 0.4) is 0 Å². The second kappa shape index (κ2) is 6.04. The highest BCUT2D eigenvalue weighted by Crippen LogP contribution is 2.21. The van der Waals surface area contributed by atoms with Crippen molar-refractivity contribution in [3.05, 3.63) is 47.5 Å². The quantitative estimate of drug-likeness (QED) is 0.774. The summed E-state index contributed by atoms with van der Waals surface area (Å²) in [7, 11) is 1.82. The zero-order valence-electron chi connectivity index (χ0n) is 13.3. The molecule has 0 fully saturated rings. The molecule has 0 aliphatic heterocycles. The van der Waals surface area contributed by atoms with Gasteiger partial charge in [-0.3, -0.25) is 19.6 Å². The third-order valence-corrected chi connectivity index (χ3v) is 3.73. The van der Waals surface area contributed by atoms with Gasteiger partial charge in [-0.1, -0.05) is 6.92 Å². The van der Waals surface area contributed by atoms with Gasteiger partial charge in [0.05, 0.1) is 11.4 Å². The van der Waals surface area contributed by atoms with E-state index in [4.69, 9.17) is 0 Å². The lowest BCUT2D eigenvalue weighted by Crippen LogP contribution is -2.16. The number of hydrogen-bond acceptors (Lipinski definition) is 4. The molecule has 2 N–H and O–H groups in total. The molecule has 0 radical (unpaired) electrons. The van der Waals surface area contributed by atoms with Crippen LogP contribution in [0.1, 0.15) is 28.7 Å². The van der Waals surface area contributed by atoms with E-state index in [2.05, 4.69) is 25.6 Å². The first kappa shape index (κ1) is 15.0. The van der Waals surface area contributed by atoms with Gasteiger partial charge in [-0.05, 0) is 31.5 Å². The Morgan fingerprint density at radius 1 is 1.35 bits per heavy atom. The van der Waals surface area contributed by atoms with Gasteiger partial charge in [0.15, 0.2) is 0 Å². The Kier molecular flexibility index (Phi) is 3.92. The van der Waals surface area contributed by atoms with Crippen LogP contribution in [0.5, 0.6) is 0 Å². The fourth-order valence-corrected chi connectivity index (χ4v) is 2.57. The minimum absolute atomic E-state index is 0.240. The SMILES string of the molecule is CCc1c(C)nn(C)c1NC(=O)c1cc(-c2ccncc2)n[nH]1. The molecule has 1 amide bonds. The Morgan fingerprint density at radius 2 is 2.09 bits per heavy atom. The van der Waals surface area contributed by atoms with Crippen molar-refractivity contribution in [1.29, 1.82) is 0 Å². The molecule has 3 rings (SSSR count). The number of anilines is 1. The summed E-state index contributed by atoms with van der Waals surface area (Å²) in [5, 5.41) is 14.2. The normalized spacial score (nSPS) is 10.7. The summed E-state index contributed by atoms with van der Waals surface area (Å²) in [6.45, 7) is 3.98. The van der Waals surface area contributed by atoms with Crippen LogP contribution in [-0.2, 0) is 13.5 Å². The number of H-pyrrole nitrogens is 1. The van der Waals surface area contributed by atoms with Gasteiger partial charge in [0.2, 0.25) is 0 Å². The van der Waals surface area contributed by atoms with Crippen molar-refractivity contribution in [2.45, 2.75) is 20.3 Å². The zero-order chi connectivity index (χ0) is 16.4. The van der Waals surface area contributed by atoms with Crippen molar-refractivity contribution in [1.82, 2.24) is 25.0 Å². The van der Waals surface area contributed by atoms with Crippen LogP contribution >= 0.6 is 0 Å². The van der Waals surface area contributed by atoms with Gasteiger partial charge in [-0.2, -0.15) is 10.2 Å². The van der Waals surface area contributed by atoms with E-state index >= 15 is 0 Å². The fraction of sp³-hybridized carbons (Fsp3) is 0.250. The minimum atomic E-state index is -0.240. The molecule has 7 heteroatoms. The second-order valence-electron chi connectivity index (χ2n) is 5.25. The summed E-state index contributed by atoms with van der Waals surface area (Å²) < 4.78 is 1.69. The van der Waals surface area contributed by atoms with Gasteiger partial charge >= 0.3 is 0 Å². The molecule has 7 nitrogen and oxygen atoms in total. The second-order valence-corrected chi connectivity index (χ2v) is 5.25. The van der Waals surface area contributed by atoms with Crippen molar-refractivity contribution < 1.29 is 4.79 Å². The number of carbonyl (C=O) groups excluding carboxylic acids is 1. The van der Waals surface area contributed by atoms with Crippen LogP contribution in [0.4, 0.5) is 5.82 Å². The van der Waals surface area contributed by atoms with Crippen LogP contribution in [0.25, 0.3) is 11.3 Å². The molecule has 0 aliphatic rings. The summed E-state index contributed by atoms with van der Waals surface area (Å²) in [5.74, 6) is 0.477. The summed E-state index contributed by atoms with van der Waals surface area (Å²) in [5.41, 5.74) is 3.97. The Hall–Kier alpha value is -2.96. The van der Waals surface area contributed by atoms with Crippen LogP contribution in [0.2, 0.25) is 0 Å². The molecular weight excluding hydrogens is 292 g/mol. The number of nitrogens with zero attached hydrogens (tertiary/aromatic N) is 4. The average molecular weight is 310 g/mol. The first-order chi connectivity index (χ1) is 11.1. The Morgan fingerprint density at radius 3 is 2.78 bits per heavy atom. The number of nitrogens with one attached hydrogen (secondary N) is 2. The summed E-state index contributed by atoms with van der Waals surface area (Å²) in [6.07, 6.45) is 4.19. The maximum Gasteiger partial charge on any atom is 0.274 e. The van der Waals surface area contributed by atoms with E-state index in [1.54, 1.807) is 23.1 Å². The molecular formula is C16H18N6O. The number of aromatic amines is 1. The van der Waals surface area contributed by atoms with E-state index in [1.165, 1.54) is 0 Å². The van der Waals surface area contributed by atoms with Crippen molar-refractivity contribution >= 4 is 11.7 Å². The number of rotatable bonds is 4. The molecule has 0 unspecified atom stereocenters. The number of hydrogen-bond donors (Lipinski definition) is 2. The lowest BCUT2D eigenvalue weighted by Gasteiger charge is -2.06. The smallest absolute Gasteiger partial charge is 0.274 e. The number of aromatic nitrogens is 5. The van der Waals surface area contributed by atoms with Crippen LogP contribution in [0, 0.1) is 6.92 Å². The predicted octanol–water partition coefficient (Wildman–Crippen LogP) is 2.33. The van der Waals surface area contributed by atoms with Gasteiger partial charge in [0, 0.05) is 30.6 Å². The maximum atomic E-state index is 12.5. The van der Waals surface area contributed by atoms with Crippen LogP contribution < -0.4 is 5.32 Å². The van der Waals surface area contributed by atoms with E-state index < -0.39 is 0 Å². The molecule has 0 bridgehead atoms. The monoisotopic (exact) mass is 310 g/mol. The number of pyridine rings is 1. The lowest BCUT2D eigenvalue weighted by molar-refractivity contribution is 0.102. The molecule has 3 heterocycles. The lowest BCUT2D eigenvalue weighted by atomic mass is 10.2. The molecule has 118 valence electrons. The molecule has 0 aliphatic carbocycles. The molecule has 0 saturated carbocycles. The zero-order valence-corrected chi connectivity index (χ0v) is 13.3. The predicted molar refractivity (Wildman–Crippen MR) is 87.1 cm³/mol. The Balaban J connectivity index is 1.84.